The lowest BCUT2D eigenvalue weighted by Gasteiger charge is -2.19. The predicted molar refractivity (Wildman–Crippen MR) is 92.8 cm³/mol. The van der Waals surface area contributed by atoms with E-state index in [-0.39, 0.29) is 18.8 Å². The highest BCUT2D eigenvalue weighted by molar-refractivity contribution is 6.00. The summed E-state index contributed by atoms with van der Waals surface area (Å²) in [6.45, 7) is 1.56. The quantitative estimate of drug-likeness (QED) is 0.754. The maximum atomic E-state index is 13.6. The van der Waals surface area contributed by atoms with Gasteiger partial charge in [0.1, 0.15) is 29.4 Å². The van der Waals surface area contributed by atoms with Crippen molar-refractivity contribution in [1.29, 1.82) is 0 Å². The van der Waals surface area contributed by atoms with E-state index in [1.165, 1.54) is 11.0 Å². The number of carbonyl (C=O) groups excluding carboxylic acids is 2. The van der Waals surface area contributed by atoms with Crippen molar-refractivity contribution in [1.82, 2.24) is 4.90 Å². The standard InChI is InChI=1S/C19H16F2N2O3/c1-2-23(11-17(24)22-18-13(20)7-5-8-14(18)21)19(25)16-10-12-6-3-4-9-15(12)26-16/h3-10H,2,11H2,1H3,(H,22,24). The molecule has 1 heterocycles. The molecule has 0 unspecified atom stereocenters. The van der Waals surface area contributed by atoms with Gasteiger partial charge >= 0.3 is 0 Å². The van der Waals surface area contributed by atoms with Gasteiger partial charge in [0.25, 0.3) is 5.91 Å². The minimum absolute atomic E-state index is 0.0953. The number of amides is 2. The molecule has 0 atom stereocenters. The number of carbonyl (C=O) groups is 2. The monoisotopic (exact) mass is 358 g/mol. The van der Waals surface area contributed by atoms with Crippen molar-refractivity contribution in [2.75, 3.05) is 18.4 Å². The van der Waals surface area contributed by atoms with Crippen molar-refractivity contribution in [3.8, 4) is 0 Å². The average molecular weight is 358 g/mol. The third-order valence-corrected chi connectivity index (χ3v) is 3.87. The first-order valence-electron chi connectivity index (χ1n) is 8.01. The van der Waals surface area contributed by atoms with Crippen molar-refractivity contribution >= 4 is 28.5 Å². The topological polar surface area (TPSA) is 62.6 Å². The van der Waals surface area contributed by atoms with E-state index in [4.69, 9.17) is 4.42 Å². The Morgan fingerprint density at radius 3 is 2.42 bits per heavy atom. The number of rotatable bonds is 5. The van der Waals surface area contributed by atoms with Crippen LogP contribution >= 0.6 is 0 Å². The van der Waals surface area contributed by atoms with Crippen LogP contribution in [0, 0.1) is 11.6 Å². The van der Waals surface area contributed by atoms with E-state index >= 15 is 0 Å². The van der Waals surface area contributed by atoms with Crippen molar-refractivity contribution in [3.05, 3.63) is 65.9 Å². The Hall–Kier alpha value is -3.22. The second-order valence-electron chi connectivity index (χ2n) is 5.61. The van der Waals surface area contributed by atoms with Crippen molar-refractivity contribution in [3.63, 3.8) is 0 Å². The summed E-state index contributed by atoms with van der Waals surface area (Å²) in [5, 5.41) is 2.93. The van der Waals surface area contributed by atoms with E-state index in [0.717, 1.165) is 17.5 Å². The van der Waals surface area contributed by atoms with Gasteiger partial charge in [-0.15, -0.1) is 0 Å². The molecule has 0 saturated heterocycles. The highest BCUT2D eigenvalue weighted by Gasteiger charge is 2.22. The Labute approximate surface area is 148 Å². The van der Waals surface area contributed by atoms with Crippen LogP contribution in [0.15, 0.2) is 52.9 Å². The molecule has 0 spiro atoms. The fourth-order valence-electron chi connectivity index (χ4n) is 2.54. The van der Waals surface area contributed by atoms with Crippen molar-refractivity contribution in [2.45, 2.75) is 6.92 Å². The molecule has 26 heavy (non-hydrogen) atoms. The maximum absolute atomic E-state index is 13.6. The molecule has 2 aromatic carbocycles. The molecule has 1 N–H and O–H groups in total. The number of hydrogen-bond donors (Lipinski definition) is 1. The summed E-state index contributed by atoms with van der Waals surface area (Å²) in [6, 6.07) is 12.0. The number of hydrogen-bond acceptors (Lipinski definition) is 3. The van der Waals surface area contributed by atoms with Gasteiger partial charge in [-0.05, 0) is 31.2 Å². The second kappa shape index (κ2) is 7.35. The van der Waals surface area contributed by atoms with Gasteiger partial charge in [0.2, 0.25) is 5.91 Å². The van der Waals surface area contributed by atoms with E-state index < -0.39 is 29.1 Å². The Morgan fingerprint density at radius 2 is 1.77 bits per heavy atom. The first kappa shape index (κ1) is 17.6. The zero-order valence-corrected chi connectivity index (χ0v) is 14.0. The van der Waals surface area contributed by atoms with E-state index in [0.29, 0.717) is 5.58 Å². The number of nitrogens with one attached hydrogen (secondary N) is 1. The smallest absolute Gasteiger partial charge is 0.290 e. The van der Waals surface area contributed by atoms with E-state index in [1.807, 2.05) is 6.07 Å². The fraction of sp³-hybridized carbons (Fsp3) is 0.158. The van der Waals surface area contributed by atoms with Crippen LogP contribution in [0.4, 0.5) is 14.5 Å². The van der Waals surface area contributed by atoms with Gasteiger partial charge < -0.3 is 14.6 Å². The molecule has 2 amide bonds. The highest BCUT2D eigenvalue weighted by Crippen LogP contribution is 2.21. The van der Waals surface area contributed by atoms with Gasteiger partial charge in [-0.2, -0.15) is 0 Å². The van der Waals surface area contributed by atoms with Gasteiger partial charge in [-0.1, -0.05) is 24.3 Å². The van der Waals surface area contributed by atoms with Gasteiger partial charge in [-0.3, -0.25) is 9.59 Å². The van der Waals surface area contributed by atoms with Crippen LogP contribution in [0.2, 0.25) is 0 Å². The lowest BCUT2D eigenvalue weighted by molar-refractivity contribution is -0.116. The summed E-state index contributed by atoms with van der Waals surface area (Å²) in [5.41, 5.74) is 0.0227. The van der Waals surface area contributed by atoms with Crippen LogP contribution in [0.3, 0.4) is 0 Å². The number of benzene rings is 2. The van der Waals surface area contributed by atoms with Gasteiger partial charge in [0, 0.05) is 11.9 Å². The first-order chi connectivity index (χ1) is 12.5. The lowest BCUT2D eigenvalue weighted by atomic mass is 10.2. The van der Waals surface area contributed by atoms with Crippen LogP contribution in [-0.4, -0.2) is 29.8 Å². The summed E-state index contributed by atoms with van der Waals surface area (Å²) >= 11 is 0. The molecule has 0 aliphatic carbocycles. The fourth-order valence-corrected chi connectivity index (χ4v) is 2.54. The van der Waals surface area contributed by atoms with E-state index in [9.17, 15) is 18.4 Å². The highest BCUT2D eigenvalue weighted by atomic mass is 19.1. The Morgan fingerprint density at radius 1 is 1.08 bits per heavy atom. The molecule has 0 saturated carbocycles. The Balaban J connectivity index is 1.74. The SMILES string of the molecule is CCN(CC(=O)Nc1c(F)cccc1F)C(=O)c1cc2ccccc2o1. The Bertz CT molecular complexity index is 915. The minimum atomic E-state index is -0.884. The summed E-state index contributed by atoms with van der Waals surface area (Å²) < 4.78 is 32.8. The first-order valence-corrected chi connectivity index (χ1v) is 8.01. The van der Waals surface area contributed by atoms with Crippen LogP contribution in [0.25, 0.3) is 11.0 Å². The molecule has 3 aromatic rings. The summed E-state index contributed by atoms with van der Waals surface area (Å²) in [4.78, 5) is 25.9. The number of furan rings is 1. The van der Waals surface area contributed by atoms with E-state index in [2.05, 4.69) is 5.32 Å². The van der Waals surface area contributed by atoms with Crippen LogP contribution < -0.4 is 5.32 Å². The maximum Gasteiger partial charge on any atom is 0.290 e. The van der Waals surface area contributed by atoms with Crippen molar-refractivity contribution in [2.24, 2.45) is 0 Å². The van der Waals surface area contributed by atoms with Crippen molar-refractivity contribution < 1.29 is 22.8 Å². The number of halogens is 2. The molecular formula is C19H16F2N2O3. The molecule has 134 valence electrons. The molecule has 7 heteroatoms. The number of nitrogens with zero attached hydrogens (tertiary/aromatic N) is 1. The number of fused-ring (bicyclic) bond motifs is 1. The van der Waals surface area contributed by atoms with Gasteiger partial charge in [0.05, 0.1) is 0 Å². The average Bonchev–Trinajstić information content (AvgIpc) is 3.06. The summed E-state index contributed by atoms with van der Waals surface area (Å²) in [6.07, 6.45) is 0. The molecule has 0 bridgehead atoms. The zero-order chi connectivity index (χ0) is 18.7. The molecule has 5 nitrogen and oxygen atoms in total. The predicted octanol–water partition coefficient (Wildman–Crippen LogP) is 3.81. The lowest BCUT2D eigenvalue weighted by Crippen LogP contribution is -2.38. The summed E-state index contributed by atoms with van der Waals surface area (Å²) in [7, 11) is 0. The third-order valence-electron chi connectivity index (χ3n) is 3.87. The Kier molecular flexibility index (Phi) is 4.97. The van der Waals surface area contributed by atoms with E-state index in [1.54, 1.807) is 31.2 Å². The normalized spacial score (nSPS) is 10.7. The number of likely N-dealkylation sites (N-methyl/N-ethyl adjacent to an activating group) is 1. The van der Waals surface area contributed by atoms with Gasteiger partial charge in [-0.25, -0.2) is 8.78 Å². The molecule has 1 aromatic heterocycles. The molecule has 0 aliphatic rings. The van der Waals surface area contributed by atoms with Gasteiger partial charge in [0.15, 0.2) is 5.76 Å². The van der Waals surface area contributed by atoms with Crippen LogP contribution in [0.1, 0.15) is 17.5 Å². The molecule has 0 fully saturated rings. The minimum Gasteiger partial charge on any atom is -0.451 e. The number of anilines is 1. The van der Waals surface area contributed by atoms with Crippen LogP contribution in [0.5, 0.6) is 0 Å². The summed E-state index contributed by atoms with van der Waals surface area (Å²) in [5.74, 6) is -2.86. The molecule has 3 rings (SSSR count). The zero-order valence-electron chi connectivity index (χ0n) is 14.0. The number of para-hydroxylation sites is 2. The molecule has 0 aliphatic heterocycles. The largest absolute Gasteiger partial charge is 0.451 e. The second-order valence-corrected chi connectivity index (χ2v) is 5.61. The molecule has 0 radical (unpaired) electrons. The molecular weight excluding hydrogens is 342 g/mol. The third kappa shape index (κ3) is 3.56. The van der Waals surface area contributed by atoms with Crippen LogP contribution in [-0.2, 0) is 4.79 Å².